The molecule has 7 nitrogen and oxygen atoms in total. The molecule has 0 aromatic rings. The third kappa shape index (κ3) is 5.84. The van der Waals surface area contributed by atoms with Crippen molar-refractivity contribution in [1.29, 1.82) is 0 Å². The normalized spacial score (nSPS) is 23.4. The summed E-state index contributed by atoms with van der Waals surface area (Å²) in [5, 5.41) is 2.72. The largest absolute Gasteiger partial charge is 0.343 e. The van der Waals surface area contributed by atoms with E-state index in [0.717, 1.165) is 33.1 Å². The van der Waals surface area contributed by atoms with E-state index in [1.807, 2.05) is 14.1 Å². The molecule has 7 heteroatoms. The standard InChI is InChI=1S/C12H28N6O/c1-15-5-11(12(19)14-7-13)6-16(2)9-18(4)10-17(3)8-15/h11H,5-10,13H2,1-4H3,(H,14,19). The molecular formula is C12H28N6O. The van der Waals surface area contributed by atoms with E-state index in [9.17, 15) is 4.79 Å². The van der Waals surface area contributed by atoms with Crippen LogP contribution in [0.1, 0.15) is 0 Å². The molecule has 1 fully saturated rings. The Morgan fingerprint density at radius 3 is 1.84 bits per heavy atom. The van der Waals surface area contributed by atoms with Crippen molar-refractivity contribution in [3.63, 3.8) is 0 Å². The molecule has 1 rings (SSSR count). The van der Waals surface area contributed by atoms with Crippen LogP contribution < -0.4 is 11.1 Å². The monoisotopic (exact) mass is 272 g/mol. The van der Waals surface area contributed by atoms with Gasteiger partial charge in [-0.25, -0.2) is 0 Å². The fourth-order valence-electron chi connectivity index (χ4n) is 2.66. The molecule has 1 amide bonds. The van der Waals surface area contributed by atoms with Gasteiger partial charge in [-0.3, -0.25) is 24.4 Å². The molecule has 0 aliphatic carbocycles. The van der Waals surface area contributed by atoms with E-state index in [1.54, 1.807) is 0 Å². The Bertz CT molecular complexity index is 269. The molecule has 0 unspecified atom stereocenters. The second kappa shape index (κ2) is 7.76. The van der Waals surface area contributed by atoms with E-state index in [1.165, 1.54) is 0 Å². The molecule has 19 heavy (non-hydrogen) atoms. The zero-order chi connectivity index (χ0) is 14.4. The summed E-state index contributed by atoms with van der Waals surface area (Å²) in [6, 6.07) is 0. The van der Waals surface area contributed by atoms with Crippen molar-refractivity contribution < 1.29 is 4.79 Å². The predicted molar refractivity (Wildman–Crippen MR) is 76.1 cm³/mol. The highest BCUT2D eigenvalue weighted by molar-refractivity contribution is 5.79. The van der Waals surface area contributed by atoms with E-state index in [4.69, 9.17) is 5.73 Å². The number of hydrogen-bond donors (Lipinski definition) is 2. The minimum absolute atomic E-state index is 0.0343. The molecule has 3 N–H and O–H groups in total. The molecule has 0 bridgehead atoms. The summed E-state index contributed by atoms with van der Waals surface area (Å²) in [6.07, 6.45) is 0. The highest BCUT2D eigenvalue weighted by Crippen LogP contribution is 2.06. The van der Waals surface area contributed by atoms with Crippen LogP contribution in [0.15, 0.2) is 0 Å². The highest BCUT2D eigenvalue weighted by atomic mass is 16.2. The van der Waals surface area contributed by atoms with Gasteiger partial charge in [0.05, 0.1) is 32.6 Å². The van der Waals surface area contributed by atoms with Crippen LogP contribution in [-0.2, 0) is 4.79 Å². The Hall–Kier alpha value is -0.730. The van der Waals surface area contributed by atoms with Crippen molar-refractivity contribution in [2.24, 2.45) is 11.7 Å². The first-order chi connectivity index (χ1) is 8.92. The molecule has 112 valence electrons. The maximum atomic E-state index is 12.0. The summed E-state index contributed by atoms with van der Waals surface area (Å²) in [6.45, 7) is 4.28. The number of nitrogens with one attached hydrogen (secondary N) is 1. The third-order valence-corrected chi connectivity index (χ3v) is 3.16. The average Bonchev–Trinajstić information content (AvgIpc) is 2.26. The minimum atomic E-state index is -0.0570. The molecule has 0 atom stereocenters. The van der Waals surface area contributed by atoms with Crippen molar-refractivity contribution in [1.82, 2.24) is 24.9 Å². The van der Waals surface area contributed by atoms with Crippen LogP contribution in [0.3, 0.4) is 0 Å². The van der Waals surface area contributed by atoms with Crippen molar-refractivity contribution in [2.45, 2.75) is 0 Å². The van der Waals surface area contributed by atoms with Crippen molar-refractivity contribution in [3.05, 3.63) is 0 Å². The number of carbonyl (C=O) groups excluding carboxylic acids is 1. The second-order valence-corrected chi connectivity index (χ2v) is 5.66. The lowest BCUT2D eigenvalue weighted by Crippen LogP contribution is -2.51. The van der Waals surface area contributed by atoms with Crippen LogP contribution in [0.5, 0.6) is 0 Å². The van der Waals surface area contributed by atoms with Crippen molar-refractivity contribution in [2.75, 3.05) is 68.0 Å². The molecule has 1 saturated heterocycles. The van der Waals surface area contributed by atoms with E-state index in [-0.39, 0.29) is 18.5 Å². The first-order valence-corrected chi connectivity index (χ1v) is 6.64. The molecule has 0 aromatic heterocycles. The van der Waals surface area contributed by atoms with Gasteiger partial charge >= 0.3 is 0 Å². The Morgan fingerprint density at radius 1 is 1.00 bits per heavy atom. The average molecular weight is 272 g/mol. The van der Waals surface area contributed by atoms with Gasteiger partial charge < -0.3 is 11.1 Å². The summed E-state index contributed by atoms with van der Waals surface area (Å²) in [4.78, 5) is 20.9. The van der Waals surface area contributed by atoms with Crippen LogP contribution in [-0.4, -0.2) is 93.5 Å². The lowest BCUT2D eigenvalue weighted by Gasteiger charge is -2.35. The van der Waals surface area contributed by atoms with Crippen LogP contribution in [0.2, 0.25) is 0 Å². The van der Waals surface area contributed by atoms with Crippen LogP contribution in [0.4, 0.5) is 0 Å². The zero-order valence-electron chi connectivity index (χ0n) is 12.6. The van der Waals surface area contributed by atoms with Crippen LogP contribution in [0, 0.1) is 5.92 Å². The van der Waals surface area contributed by atoms with Gasteiger partial charge in [0, 0.05) is 13.1 Å². The van der Waals surface area contributed by atoms with Crippen molar-refractivity contribution in [3.8, 4) is 0 Å². The van der Waals surface area contributed by atoms with Gasteiger partial charge in [-0.15, -0.1) is 0 Å². The lowest BCUT2D eigenvalue weighted by molar-refractivity contribution is -0.126. The first kappa shape index (κ1) is 16.3. The fraction of sp³-hybridized carbons (Fsp3) is 0.917. The summed E-state index contributed by atoms with van der Waals surface area (Å²) >= 11 is 0. The van der Waals surface area contributed by atoms with Crippen molar-refractivity contribution >= 4 is 5.91 Å². The van der Waals surface area contributed by atoms with E-state index in [0.29, 0.717) is 0 Å². The quantitative estimate of drug-likeness (QED) is 0.581. The predicted octanol–water partition coefficient (Wildman–Crippen LogP) is -1.75. The number of carbonyl (C=O) groups is 1. The van der Waals surface area contributed by atoms with Gasteiger partial charge in [0.2, 0.25) is 5.91 Å². The van der Waals surface area contributed by atoms with Gasteiger partial charge in [0.15, 0.2) is 0 Å². The van der Waals surface area contributed by atoms with Gasteiger partial charge in [0.25, 0.3) is 0 Å². The molecule has 1 aliphatic rings. The lowest BCUT2D eigenvalue weighted by atomic mass is 10.1. The van der Waals surface area contributed by atoms with E-state index in [2.05, 4.69) is 39.0 Å². The smallest absolute Gasteiger partial charge is 0.226 e. The maximum Gasteiger partial charge on any atom is 0.226 e. The van der Waals surface area contributed by atoms with Crippen LogP contribution >= 0.6 is 0 Å². The Labute approximate surface area is 116 Å². The summed E-state index contributed by atoms with van der Waals surface area (Å²) in [5.74, 6) is -0.0227. The first-order valence-electron chi connectivity index (χ1n) is 6.64. The minimum Gasteiger partial charge on any atom is -0.343 e. The zero-order valence-corrected chi connectivity index (χ0v) is 12.6. The summed E-state index contributed by atoms with van der Waals surface area (Å²) in [5.41, 5.74) is 5.40. The molecule has 1 heterocycles. The number of nitrogens with two attached hydrogens (primary N) is 1. The molecular weight excluding hydrogens is 244 g/mol. The number of hydrogen-bond acceptors (Lipinski definition) is 6. The number of rotatable bonds is 2. The van der Waals surface area contributed by atoms with E-state index < -0.39 is 0 Å². The van der Waals surface area contributed by atoms with Gasteiger partial charge in [-0.05, 0) is 28.2 Å². The molecule has 0 radical (unpaired) electrons. The molecule has 0 aromatic carbocycles. The SMILES string of the molecule is CN1CC(C(=O)NCN)CN(C)CN(C)CN(C)C1. The summed E-state index contributed by atoms with van der Waals surface area (Å²) in [7, 11) is 8.26. The Balaban J connectivity index is 2.71. The number of nitrogens with zero attached hydrogens (tertiary/aromatic N) is 4. The van der Waals surface area contributed by atoms with Gasteiger partial charge in [0.1, 0.15) is 0 Å². The molecule has 0 spiro atoms. The van der Waals surface area contributed by atoms with E-state index >= 15 is 0 Å². The Kier molecular flexibility index (Phi) is 6.67. The topological polar surface area (TPSA) is 68.1 Å². The number of amides is 1. The van der Waals surface area contributed by atoms with Gasteiger partial charge in [-0.1, -0.05) is 0 Å². The highest BCUT2D eigenvalue weighted by Gasteiger charge is 2.23. The summed E-state index contributed by atoms with van der Waals surface area (Å²) < 4.78 is 0. The van der Waals surface area contributed by atoms with Crippen LogP contribution in [0.25, 0.3) is 0 Å². The Morgan fingerprint density at radius 2 is 1.42 bits per heavy atom. The third-order valence-electron chi connectivity index (χ3n) is 3.16. The maximum absolute atomic E-state index is 12.0. The molecule has 1 aliphatic heterocycles. The molecule has 0 saturated carbocycles. The van der Waals surface area contributed by atoms with Gasteiger partial charge in [-0.2, -0.15) is 0 Å². The fourth-order valence-corrected chi connectivity index (χ4v) is 2.66. The second-order valence-electron chi connectivity index (χ2n) is 5.66.